The number of halogens is 2. The van der Waals surface area contributed by atoms with E-state index in [-0.39, 0.29) is 6.04 Å². The molecule has 0 bridgehead atoms. The van der Waals surface area contributed by atoms with Crippen molar-refractivity contribution in [1.29, 1.82) is 0 Å². The summed E-state index contributed by atoms with van der Waals surface area (Å²) >= 11 is 11.6. The van der Waals surface area contributed by atoms with Crippen LogP contribution in [0.25, 0.3) is 0 Å². The van der Waals surface area contributed by atoms with Crippen LogP contribution in [0.3, 0.4) is 0 Å². The van der Waals surface area contributed by atoms with Gasteiger partial charge in [-0.2, -0.15) is 0 Å². The molecule has 3 N–H and O–H groups in total. The molecular weight excluding hydrogens is 221 g/mol. The van der Waals surface area contributed by atoms with E-state index in [1.54, 1.807) is 6.07 Å². The molecule has 0 saturated heterocycles. The van der Waals surface area contributed by atoms with Crippen LogP contribution in [0.1, 0.15) is 18.2 Å². The number of aromatic nitrogens is 1. The predicted octanol–water partition coefficient (Wildman–Crippen LogP) is 1.92. The van der Waals surface area contributed by atoms with E-state index < -0.39 is 0 Å². The van der Waals surface area contributed by atoms with E-state index in [1.165, 1.54) is 6.20 Å². The number of nitrogens with zero attached hydrogens (tertiary/aromatic N) is 1. The SMILES string of the molecule is C#CCC(NN)c1ncc(Cl)cc1Cl. The Balaban J connectivity index is 2.99. The van der Waals surface area contributed by atoms with Crippen molar-refractivity contribution < 1.29 is 0 Å². The molecule has 0 aliphatic heterocycles. The van der Waals surface area contributed by atoms with Gasteiger partial charge in [-0.15, -0.1) is 12.3 Å². The minimum atomic E-state index is -0.246. The third-order valence-electron chi connectivity index (χ3n) is 1.69. The number of nitrogens with two attached hydrogens (primary N) is 1. The fourth-order valence-corrected chi connectivity index (χ4v) is 1.55. The summed E-state index contributed by atoms with van der Waals surface area (Å²) in [6.07, 6.45) is 7.10. The van der Waals surface area contributed by atoms with Gasteiger partial charge in [0.05, 0.1) is 21.8 Å². The molecule has 0 aliphatic carbocycles. The molecule has 0 amide bonds. The second kappa shape index (κ2) is 5.18. The molecule has 1 unspecified atom stereocenters. The summed E-state index contributed by atoms with van der Waals surface area (Å²) in [6.45, 7) is 0. The van der Waals surface area contributed by atoms with Gasteiger partial charge in [-0.3, -0.25) is 16.3 Å². The van der Waals surface area contributed by atoms with E-state index in [4.69, 9.17) is 35.5 Å². The zero-order valence-corrected chi connectivity index (χ0v) is 8.81. The Kier molecular flexibility index (Phi) is 4.18. The maximum absolute atomic E-state index is 5.93. The van der Waals surface area contributed by atoms with Crippen molar-refractivity contribution in [2.24, 2.45) is 5.84 Å². The highest BCUT2D eigenvalue weighted by Gasteiger charge is 2.13. The van der Waals surface area contributed by atoms with Gasteiger partial charge in [-0.25, -0.2) is 0 Å². The van der Waals surface area contributed by atoms with Crippen LogP contribution in [0.4, 0.5) is 0 Å². The Bertz CT molecular complexity index is 360. The first-order valence-electron chi connectivity index (χ1n) is 3.89. The summed E-state index contributed by atoms with van der Waals surface area (Å²) in [6, 6.07) is 1.36. The molecule has 14 heavy (non-hydrogen) atoms. The van der Waals surface area contributed by atoms with Crippen molar-refractivity contribution >= 4 is 23.2 Å². The molecule has 0 fully saturated rings. The number of hydrogen-bond donors (Lipinski definition) is 2. The predicted molar refractivity (Wildman–Crippen MR) is 57.8 cm³/mol. The minimum absolute atomic E-state index is 0.246. The molecule has 0 spiro atoms. The van der Waals surface area contributed by atoms with Crippen LogP contribution in [0.15, 0.2) is 12.3 Å². The second-order valence-corrected chi connectivity index (χ2v) is 3.49. The Morgan fingerprint density at radius 1 is 1.64 bits per heavy atom. The summed E-state index contributed by atoms with van der Waals surface area (Å²) in [5.74, 6) is 7.81. The van der Waals surface area contributed by atoms with Gasteiger partial charge in [0.15, 0.2) is 0 Å². The summed E-state index contributed by atoms with van der Waals surface area (Å²) in [5.41, 5.74) is 3.15. The fraction of sp³-hybridized carbons (Fsp3) is 0.222. The molecule has 1 aromatic heterocycles. The summed E-state index contributed by atoms with van der Waals surface area (Å²) in [7, 11) is 0. The van der Waals surface area contributed by atoms with E-state index in [2.05, 4.69) is 16.3 Å². The van der Waals surface area contributed by atoms with Gasteiger partial charge < -0.3 is 0 Å². The van der Waals surface area contributed by atoms with Crippen LogP contribution < -0.4 is 11.3 Å². The van der Waals surface area contributed by atoms with Gasteiger partial charge in [-0.1, -0.05) is 23.2 Å². The lowest BCUT2D eigenvalue weighted by molar-refractivity contribution is 0.554. The van der Waals surface area contributed by atoms with E-state index in [1.807, 2.05) is 0 Å². The van der Waals surface area contributed by atoms with E-state index >= 15 is 0 Å². The topological polar surface area (TPSA) is 50.9 Å². The first kappa shape index (κ1) is 11.3. The van der Waals surface area contributed by atoms with Crippen LogP contribution in [-0.4, -0.2) is 4.98 Å². The van der Waals surface area contributed by atoms with Crippen molar-refractivity contribution in [3.63, 3.8) is 0 Å². The van der Waals surface area contributed by atoms with Gasteiger partial charge >= 0.3 is 0 Å². The number of terminal acetylenes is 1. The molecule has 74 valence electrons. The first-order valence-corrected chi connectivity index (χ1v) is 4.65. The molecule has 1 atom stereocenters. The van der Waals surface area contributed by atoms with Crippen LogP contribution in [-0.2, 0) is 0 Å². The van der Waals surface area contributed by atoms with Crippen LogP contribution >= 0.6 is 23.2 Å². The van der Waals surface area contributed by atoms with Crippen LogP contribution in [0.5, 0.6) is 0 Å². The Morgan fingerprint density at radius 3 is 2.86 bits per heavy atom. The molecule has 3 nitrogen and oxygen atoms in total. The van der Waals surface area contributed by atoms with Gasteiger partial charge in [0.25, 0.3) is 0 Å². The first-order chi connectivity index (χ1) is 6.69. The number of pyridine rings is 1. The Morgan fingerprint density at radius 2 is 2.36 bits per heavy atom. The number of hydrazine groups is 1. The highest BCUT2D eigenvalue weighted by Crippen LogP contribution is 2.24. The van der Waals surface area contributed by atoms with Gasteiger partial charge in [0, 0.05) is 12.6 Å². The quantitative estimate of drug-likeness (QED) is 0.473. The van der Waals surface area contributed by atoms with E-state index in [0.717, 1.165) is 0 Å². The molecule has 5 heteroatoms. The normalized spacial score (nSPS) is 12.1. The molecule has 0 aliphatic rings. The summed E-state index contributed by atoms with van der Waals surface area (Å²) in [4.78, 5) is 4.07. The van der Waals surface area contributed by atoms with Crippen molar-refractivity contribution in [1.82, 2.24) is 10.4 Å². The summed E-state index contributed by atoms with van der Waals surface area (Å²) in [5, 5.41) is 0.936. The fourth-order valence-electron chi connectivity index (χ4n) is 1.03. The second-order valence-electron chi connectivity index (χ2n) is 2.65. The number of rotatable bonds is 3. The highest BCUT2D eigenvalue weighted by atomic mass is 35.5. The smallest absolute Gasteiger partial charge is 0.0783 e. The average molecular weight is 230 g/mol. The Labute approximate surface area is 92.6 Å². The van der Waals surface area contributed by atoms with Crippen molar-refractivity contribution in [3.05, 3.63) is 28.0 Å². The van der Waals surface area contributed by atoms with Gasteiger partial charge in [0.2, 0.25) is 0 Å². The highest BCUT2D eigenvalue weighted by molar-refractivity contribution is 6.34. The molecule has 0 aromatic carbocycles. The zero-order chi connectivity index (χ0) is 10.6. The molecule has 0 saturated carbocycles. The molecular formula is C9H9Cl2N3. The van der Waals surface area contributed by atoms with E-state index in [0.29, 0.717) is 22.2 Å². The maximum atomic E-state index is 5.93. The van der Waals surface area contributed by atoms with E-state index in [9.17, 15) is 0 Å². The van der Waals surface area contributed by atoms with Crippen LogP contribution in [0.2, 0.25) is 10.0 Å². The lowest BCUT2D eigenvalue weighted by Crippen LogP contribution is -2.28. The van der Waals surface area contributed by atoms with Crippen LogP contribution in [0, 0.1) is 12.3 Å². The molecule has 1 heterocycles. The number of hydrogen-bond acceptors (Lipinski definition) is 3. The largest absolute Gasteiger partial charge is 0.271 e. The zero-order valence-electron chi connectivity index (χ0n) is 7.30. The van der Waals surface area contributed by atoms with Crippen molar-refractivity contribution in [2.75, 3.05) is 0 Å². The van der Waals surface area contributed by atoms with Crippen molar-refractivity contribution in [2.45, 2.75) is 12.5 Å². The minimum Gasteiger partial charge on any atom is -0.271 e. The summed E-state index contributed by atoms with van der Waals surface area (Å²) < 4.78 is 0. The number of nitrogens with one attached hydrogen (secondary N) is 1. The molecule has 1 aromatic rings. The van der Waals surface area contributed by atoms with Crippen molar-refractivity contribution in [3.8, 4) is 12.3 Å². The average Bonchev–Trinajstić information content (AvgIpc) is 2.15. The molecule has 0 radical (unpaired) electrons. The lowest BCUT2D eigenvalue weighted by atomic mass is 10.1. The standard InChI is InChI=1S/C9H9Cl2N3/c1-2-3-8(14-12)9-7(11)4-6(10)5-13-9/h1,4-5,8,14H,3,12H2. The van der Waals surface area contributed by atoms with Gasteiger partial charge in [0.1, 0.15) is 0 Å². The monoisotopic (exact) mass is 229 g/mol. The third kappa shape index (κ3) is 2.60. The lowest BCUT2D eigenvalue weighted by Gasteiger charge is -2.13. The maximum Gasteiger partial charge on any atom is 0.0783 e. The van der Waals surface area contributed by atoms with Gasteiger partial charge in [-0.05, 0) is 6.07 Å². The third-order valence-corrected chi connectivity index (χ3v) is 2.20. The Hall–Kier alpha value is -0.790. The molecule has 1 rings (SSSR count).